The first-order chi connectivity index (χ1) is 9.02. The summed E-state index contributed by atoms with van der Waals surface area (Å²) in [6.07, 6.45) is 0.734. The van der Waals surface area contributed by atoms with Gasteiger partial charge < -0.3 is 4.74 Å². The Morgan fingerprint density at radius 2 is 1.89 bits per heavy atom. The zero-order valence-corrected chi connectivity index (χ0v) is 11.9. The van der Waals surface area contributed by atoms with Gasteiger partial charge in [0.25, 0.3) is 0 Å². The Balaban J connectivity index is 2.24. The smallest absolute Gasteiger partial charge is 0.237 e. The molecule has 0 radical (unpaired) electrons. The molecule has 1 atom stereocenters. The van der Waals surface area contributed by atoms with Gasteiger partial charge in [-0.15, -0.1) is 0 Å². The Hall–Kier alpha value is -1.10. The fourth-order valence-corrected chi connectivity index (χ4v) is 2.63. The maximum absolute atomic E-state index is 12.2. The number of carbonyl (C=O) groups is 2. The van der Waals surface area contributed by atoms with Gasteiger partial charge in [0.05, 0.1) is 5.69 Å². The van der Waals surface area contributed by atoms with Crippen LogP contribution in [0.5, 0.6) is 0 Å². The van der Waals surface area contributed by atoms with Crippen LogP contribution >= 0.6 is 23.2 Å². The van der Waals surface area contributed by atoms with Crippen molar-refractivity contribution < 1.29 is 14.3 Å². The van der Waals surface area contributed by atoms with Gasteiger partial charge in [-0.05, 0) is 24.6 Å². The Morgan fingerprint density at radius 3 is 2.47 bits per heavy atom. The molecule has 102 valence electrons. The topological polar surface area (TPSA) is 46.6 Å². The number of rotatable bonds is 4. The van der Waals surface area contributed by atoms with Gasteiger partial charge in [-0.2, -0.15) is 0 Å². The summed E-state index contributed by atoms with van der Waals surface area (Å²) in [5.74, 6) is -0.782. The van der Waals surface area contributed by atoms with Crippen LogP contribution < -0.4 is 4.90 Å². The minimum Gasteiger partial charge on any atom is -0.385 e. The molecule has 6 heteroatoms. The van der Waals surface area contributed by atoms with E-state index in [0.717, 1.165) is 4.90 Å². The standard InChI is InChI=1S/C13H13Cl2NO3/c1-19-3-2-8-4-12(17)16(13(8)18)11-6-9(14)5-10(15)7-11/h5-8H,2-4H2,1H3. The van der Waals surface area contributed by atoms with Gasteiger partial charge in [0.1, 0.15) is 0 Å². The summed E-state index contributed by atoms with van der Waals surface area (Å²) in [5.41, 5.74) is 0.424. The van der Waals surface area contributed by atoms with Crippen molar-refractivity contribution in [2.45, 2.75) is 12.8 Å². The van der Waals surface area contributed by atoms with Gasteiger partial charge in [-0.3, -0.25) is 14.5 Å². The molecule has 19 heavy (non-hydrogen) atoms. The van der Waals surface area contributed by atoms with Crippen LogP contribution in [0.3, 0.4) is 0 Å². The second-order valence-corrected chi connectivity index (χ2v) is 5.25. The third kappa shape index (κ3) is 3.08. The van der Waals surface area contributed by atoms with E-state index in [1.54, 1.807) is 25.3 Å². The molecule has 0 aromatic heterocycles. The quantitative estimate of drug-likeness (QED) is 0.803. The fourth-order valence-electron chi connectivity index (χ4n) is 2.12. The summed E-state index contributed by atoms with van der Waals surface area (Å²) < 4.78 is 4.94. The van der Waals surface area contributed by atoms with Gasteiger partial charge in [0.2, 0.25) is 11.8 Å². The largest absolute Gasteiger partial charge is 0.385 e. The number of imide groups is 1. The molecule has 1 saturated heterocycles. The van der Waals surface area contributed by atoms with Gasteiger partial charge >= 0.3 is 0 Å². The maximum atomic E-state index is 12.2. The van der Waals surface area contributed by atoms with Crippen LogP contribution in [0.4, 0.5) is 5.69 Å². The van der Waals surface area contributed by atoms with E-state index >= 15 is 0 Å². The van der Waals surface area contributed by atoms with E-state index in [2.05, 4.69) is 0 Å². The van der Waals surface area contributed by atoms with E-state index in [4.69, 9.17) is 27.9 Å². The van der Waals surface area contributed by atoms with Crippen molar-refractivity contribution in [1.82, 2.24) is 0 Å². The van der Waals surface area contributed by atoms with Crippen LogP contribution in [0.25, 0.3) is 0 Å². The van der Waals surface area contributed by atoms with Crippen molar-refractivity contribution in [1.29, 1.82) is 0 Å². The first-order valence-electron chi connectivity index (χ1n) is 5.84. The lowest BCUT2D eigenvalue weighted by Gasteiger charge is -2.15. The number of ether oxygens (including phenoxy) is 1. The van der Waals surface area contributed by atoms with E-state index in [1.807, 2.05) is 0 Å². The molecule has 1 aliphatic rings. The number of halogens is 2. The molecule has 1 aliphatic heterocycles. The molecular formula is C13H13Cl2NO3. The average Bonchev–Trinajstić information content (AvgIpc) is 2.60. The van der Waals surface area contributed by atoms with Gasteiger partial charge in [0, 0.05) is 36.1 Å². The molecule has 0 aliphatic carbocycles. The Bertz CT molecular complexity index is 498. The Morgan fingerprint density at radius 1 is 1.26 bits per heavy atom. The minimum absolute atomic E-state index is 0.201. The van der Waals surface area contributed by atoms with Crippen LogP contribution in [-0.2, 0) is 14.3 Å². The second kappa shape index (κ2) is 5.90. The lowest BCUT2D eigenvalue weighted by Crippen LogP contribution is -2.30. The highest BCUT2D eigenvalue weighted by atomic mass is 35.5. The van der Waals surface area contributed by atoms with E-state index in [-0.39, 0.29) is 24.2 Å². The molecule has 2 rings (SSSR count). The first-order valence-corrected chi connectivity index (χ1v) is 6.60. The predicted molar refractivity (Wildman–Crippen MR) is 73.6 cm³/mol. The van der Waals surface area contributed by atoms with Crippen LogP contribution in [-0.4, -0.2) is 25.5 Å². The molecule has 1 aromatic carbocycles. The zero-order chi connectivity index (χ0) is 14.0. The molecule has 0 spiro atoms. The van der Waals surface area contributed by atoms with Crippen molar-refractivity contribution in [2.24, 2.45) is 5.92 Å². The molecule has 0 bridgehead atoms. The summed E-state index contributed by atoms with van der Waals surface area (Å²) in [6, 6.07) is 4.67. The Labute approximate surface area is 121 Å². The lowest BCUT2D eigenvalue weighted by molar-refractivity contribution is -0.122. The van der Waals surface area contributed by atoms with Crippen molar-refractivity contribution in [2.75, 3.05) is 18.6 Å². The van der Waals surface area contributed by atoms with Crippen molar-refractivity contribution >= 4 is 40.7 Å². The maximum Gasteiger partial charge on any atom is 0.237 e. The lowest BCUT2D eigenvalue weighted by atomic mass is 10.1. The van der Waals surface area contributed by atoms with Crippen LogP contribution in [0.15, 0.2) is 18.2 Å². The molecule has 1 unspecified atom stereocenters. The summed E-state index contributed by atoms with van der Waals surface area (Å²) >= 11 is 11.8. The summed E-state index contributed by atoms with van der Waals surface area (Å²) in [5, 5.41) is 0.784. The SMILES string of the molecule is COCCC1CC(=O)N(c2cc(Cl)cc(Cl)c2)C1=O. The second-order valence-electron chi connectivity index (χ2n) is 4.38. The molecule has 1 fully saturated rings. The molecule has 0 N–H and O–H groups in total. The van der Waals surface area contributed by atoms with Crippen molar-refractivity contribution in [3.8, 4) is 0 Å². The van der Waals surface area contributed by atoms with Crippen LogP contribution in [0, 0.1) is 5.92 Å². The molecule has 4 nitrogen and oxygen atoms in total. The normalized spacial score (nSPS) is 19.3. The molecule has 2 amide bonds. The van der Waals surface area contributed by atoms with Gasteiger partial charge in [-0.25, -0.2) is 0 Å². The molecule has 1 heterocycles. The number of hydrogen-bond donors (Lipinski definition) is 0. The third-order valence-electron chi connectivity index (χ3n) is 3.02. The monoisotopic (exact) mass is 301 g/mol. The highest BCUT2D eigenvalue weighted by Gasteiger charge is 2.39. The van der Waals surface area contributed by atoms with Gasteiger partial charge in [-0.1, -0.05) is 23.2 Å². The molecule has 0 saturated carbocycles. The molecule has 1 aromatic rings. The minimum atomic E-state index is -0.329. The highest BCUT2D eigenvalue weighted by Crippen LogP contribution is 2.32. The number of nitrogens with zero attached hydrogens (tertiary/aromatic N) is 1. The first kappa shape index (κ1) is 14.3. The summed E-state index contributed by atoms with van der Waals surface area (Å²) in [4.78, 5) is 25.3. The highest BCUT2D eigenvalue weighted by molar-refractivity contribution is 6.35. The number of amides is 2. The summed E-state index contributed by atoms with van der Waals surface area (Å²) in [6.45, 7) is 0.452. The fraction of sp³-hybridized carbons (Fsp3) is 0.385. The van der Waals surface area contributed by atoms with E-state index in [0.29, 0.717) is 28.8 Å². The van der Waals surface area contributed by atoms with Crippen molar-refractivity contribution in [3.05, 3.63) is 28.2 Å². The van der Waals surface area contributed by atoms with Crippen molar-refractivity contribution in [3.63, 3.8) is 0 Å². The van der Waals surface area contributed by atoms with Crippen LogP contribution in [0.2, 0.25) is 10.0 Å². The summed E-state index contributed by atoms with van der Waals surface area (Å²) in [7, 11) is 1.57. The van der Waals surface area contributed by atoms with E-state index in [1.165, 1.54) is 0 Å². The van der Waals surface area contributed by atoms with E-state index in [9.17, 15) is 9.59 Å². The van der Waals surface area contributed by atoms with E-state index < -0.39 is 0 Å². The number of benzene rings is 1. The zero-order valence-electron chi connectivity index (χ0n) is 10.4. The average molecular weight is 302 g/mol. The number of methoxy groups -OCH3 is 1. The number of carbonyl (C=O) groups excluding carboxylic acids is 2. The number of anilines is 1. The van der Waals surface area contributed by atoms with Gasteiger partial charge in [0.15, 0.2) is 0 Å². The molecular weight excluding hydrogens is 289 g/mol. The third-order valence-corrected chi connectivity index (χ3v) is 3.45. The Kier molecular flexibility index (Phi) is 4.45. The predicted octanol–water partition coefficient (Wildman–Crippen LogP) is 2.91. The number of hydrogen-bond acceptors (Lipinski definition) is 3. The van der Waals surface area contributed by atoms with Crippen LogP contribution in [0.1, 0.15) is 12.8 Å².